The van der Waals surface area contributed by atoms with E-state index >= 15 is 0 Å². The molecule has 4 rings (SSSR count). The van der Waals surface area contributed by atoms with E-state index in [1.807, 2.05) is 12.3 Å². The minimum absolute atomic E-state index is 0.0492. The zero-order valence-corrected chi connectivity index (χ0v) is 18.1. The van der Waals surface area contributed by atoms with Crippen LogP contribution in [0.4, 0.5) is 4.39 Å². The van der Waals surface area contributed by atoms with Crippen LogP contribution in [0, 0.1) is 12.7 Å². The standard InChI is InChI=1S/C21H27FN4O2.CH2O2/c1-14-8-15(4-5-19(14)22)21-23-6-7-26(21)16-9-17-13-28-18(12-25(17)11-16)10-20(27)24(2)3;2-1-3/h4-8,16-18H,9-13H2,1-3H3;1H,(H,2,3)/t16-,17+,18+;/m1./s1. The summed E-state index contributed by atoms with van der Waals surface area (Å²) in [6.07, 6.45) is 5.17. The second-order valence-corrected chi connectivity index (χ2v) is 8.17. The van der Waals surface area contributed by atoms with Gasteiger partial charge < -0.3 is 19.3 Å². The molecule has 0 saturated carbocycles. The second kappa shape index (κ2) is 10.0. The second-order valence-electron chi connectivity index (χ2n) is 8.17. The molecular weight excluding hydrogens is 403 g/mol. The van der Waals surface area contributed by atoms with Crippen molar-refractivity contribution in [3.8, 4) is 11.4 Å². The number of aryl methyl sites for hydroxylation is 1. The Morgan fingerprint density at radius 2 is 2.10 bits per heavy atom. The Bertz CT molecular complexity index is 917. The molecule has 2 saturated heterocycles. The van der Waals surface area contributed by atoms with Crippen molar-refractivity contribution in [1.82, 2.24) is 19.4 Å². The van der Waals surface area contributed by atoms with Gasteiger partial charge in [0.2, 0.25) is 5.91 Å². The van der Waals surface area contributed by atoms with Crippen molar-refractivity contribution in [3.63, 3.8) is 0 Å². The summed E-state index contributed by atoms with van der Waals surface area (Å²) in [5, 5.41) is 6.89. The molecule has 31 heavy (non-hydrogen) atoms. The van der Waals surface area contributed by atoms with Crippen LogP contribution in [0.15, 0.2) is 30.6 Å². The summed E-state index contributed by atoms with van der Waals surface area (Å²) in [6, 6.07) is 5.79. The highest BCUT2D eigenvalue weighted by molar-refractivity contribution is 5.76. The fourth-order valence-corrected chi connectivity index (χ4v) is 4.23. The van der Waals surface area contributed by atoms with E-state index in [9.17, 15) is 9.18 Å². The molecule has 2 fully saturated rings. The van der Waals surface area contributed by atoms with Crippen LogP contribution >= 0.6 is 0 Å². The number of hydrogen-bond donors (Lipinski definition) is 1. The predicted octanol–water partition coefficient (Wildman–Crippen LogP) is 2.19. The van der Waals surface area contributed by atoms with Crippen LogP contribution in [0.3, 0.4) is 0 Å². The maximum absolute atomic E-state index is 13.6. The minimum Gasteiger partial charge on any atom is -0.483 e. The molecule has 0 spiro atoms. The lowest BCUT2D eigenvalue weighted by Crippen LogP contribution is -2.47. The summed E-state index contributed by atoms with van der Waals surface area (Å²) >= 11 is 0. The van der Waals surface area contributed by atoms with Gasteiger partial charge in [-0.3, -0.25) is 14.5 Å². The average Bonchev–Trinajstić information content (AvgIpc) is 3.37. The number of amides is 1. The zero-order chi connectivity index (χ0) is 22.5. The van der Waals surface area contributed by atoms with Gasteiger partial charge in [0, 0.05) is 57.2 Å². The summed E-state index contributed by atoms with van der Waals surface area (Å²) in [5.74, 6) is 0.770. The third-order valence-electron chi connectivity index (χ3n) is 5.85. The lowest BCUT2D eigenvalue weighted by Gasteiger charge is -2.35. The number of rotatable bonds is 4. The van der Waals surface area contributed by atoms with Gasteiger partial charge in [-0.1, -0.05) is 0 Å². The third-order valence-corrected chi connectivity index (χ3v) is 5.85. The van der Waals surface area contributed by atoms with Gasteiger partial charge in [-0.15, -0.1) is 0 Å². The predicted molar refractivity (Wildman–Crippen MR) is 113 cm³/mol. The molecule has 3 heterocycles. The molecule has 0 unspecified atom stereocenters. The van der Waals surface area contributed by atoms with Gasteiger partial charge in [0.05, 0.1) is 19.1 Å². The largest absolute Gasteiger partial charge is 0.483 e. The topological polar surface area (TPSA) is 87.9 Å². The van der Waals surface area contributed by atoms with E-state index in [1.54, 1.807) is 38.2 Å². The molecule has 1 amide bonds. The van der Waals surface area contributed by atoms with E-state index in [1.165, 1.54) is 6.07 Å². The zero-order valence-electron chi connectivity index (χ0n) is 18.1. The number of carbonyl (C=O) groups is 2. The van der Waals surface area contributed by atoms with Crippen LogP contribution in [0.1, 0.15) is 24.4 Å². The molecule has 2 aliphatic rings. The molecule has 2 aliphatic heterocycles. The molecule has 1 N–H and O–H groups in total. The van der Waals surface area contributed by atoms with E-state index in [2.05, 4.69) is 14.5 Å². The van der Waals surface area contributed by atoms with Crippen LogP contribution in [0.5, 0.6) is 0 Å². The number of imidazole rings is 1. The number of morpholine rings is 1. The average molecular weight is 432 g/mol. The van der Waals surface area contributed by atoms with Crippen molar-refractivity contribution in [2.75, 3.05) is 33.8 Å². The van der Waals surface area contributed by atoms with Crippen molar-refractivity contribution in [2.24, 2.45) is 0 Å². The van der Waals surface area contributed by atoms with Gasteiger partial charge in [0.15, 0.2) is 0 Å². The number of carboxylic acid groups (broad SMARTS) is 1. The van der Waals surface area contributed by atoms with Gasteiger partial charge >= 0.3 is 0 Å². The number of fused-ring (bicyclic) bond motifs is 1. The molecule has 1 aromatic carbocycles. The smallest absolute Gasteiger partial charge is 0.290 e. The molecule has 168 valence electrons. The van der Waals surface area contributed by atoms with E-state index in [-0.39, 0.29) is 24.3 Å². The fourth-order valence-electron chi connectivity index (χ4n) is 4.23. The third kappa shape index (κ3) is 5.29. The Labute approximate surface area is 181 Å². The Balaban J connectivity index is 0.000000858. The maximum atomic E-state index is 13.6. The highest BCUT2D eigenvalue weighted by Gasteiger charge is 2.39. The summed E-state index contributed by atoms with van der Waals surface area (Å²) in [6.45, 7) is 3.86. The molecule has 3 atom stereocenters. The summed E-state index contributed by atoms with van der Waals surface area (Å²) in [4.78, 5) is 28.9. The first-order chi connectivity index (χ1) is 14.8. The highest BCUT2D eigenvalue weighted by atomic mass is 19.1. The van der Waals surface area contributed by atoms with Crippen LogP contribution < -0.4 is 0 Å². The molecular formula is C22H29FN4O4. The molecule has 8 nitrogen and oxygen atoms in total. The highest BCUT2D eigenvalue weighted by Crippen LogP contribution is 2.34. The molecule has 9 heteroatoms. The van der Waals surface area contributed by atoms with E-state index in [0.29, 0.717) is 30.7 Å². The van der Waals surface area contributed by atoms with Gasteiger partial charge in [-0.25, -0.2) is 9.37 Å². The molecule has 0 bridgehead atoms. The fraction of sp³-hybridized carbons (Fsp3) is 0.500. The first-order valence-electron chi connectivity index (χ1n) is 10.3. The Morgan fingerprint density at radius 3 is 2.77 bits per heavy atom. The van der Waals surface area contributed by atoms with Crippen molar-refractivity contribution < 1.29 is 23.8 Å². The van der Waals surface area contributed by atoms with E-state index in [0.717, 1.165) is 30.9 Å². The maximum Gasteiger partial charge on any atom is 0.290 e. The molecule has 0 aliphatic carbocycles. The minimum atomic E-state index is -0.250. The first-order valence-corrected chi connectivity index (χ1v) is 10.3. The number of halogens is 1. The van der Waals surface area contributed by atoms with E-state index < -0.39 is 0 Å². The van der Waals surface area contributed by atoms with E-state index in [4.69, 9.17) is 14.6 Å². The molecule has 0 radical (unpaired) electrons. The quantitative estimate of drug-likeness (QED) is 0.746. The van der Waals surface area contributed by atoms with Gasteiger partial charge in [0.1, 0.15) is 11.6 Å². The van der Waals surface area contributed by atoms with Crippen LogP contribution in [-0.4, -0.2) is 82.8 Å². The summed E-state index contributed by atoms with van der Waals surface area (Å²) in [5.41, 5.74) is 1.55. The number of benzene rings is 1. The van der Waals surface area contributed by atoms with Gasteiger partial charge in [0.25, 0.3) is 6.47 Å². The number of aromatic nitrogens is 2. The number of nitrogens with zero attached hydrogens (tertiary/aromatic N) is 4. The lowest BCUT2D eigenvalue weighted by atomic mass is 10.1. The van der Waals surface area contributed by atoms with Crippen LogP contribution in [-0.2, 0) is 14.3 Å². The number of hydrogen-bond acceptors (Lipinski definition) is 5. The van der Waals surface area contributed by atoms with Crippen molar-refractivity contribution in [1.29, 1.82) is 0 Å². The lowest BCUT2D eigenvalue weighted by molar-refractivity contribution is -0.134. The summed E-state index contributed by atoms with van der Waals surface area (Å²) < 4.78 is 21.8. The Hall–Kier alpha value is -2.78. The molecule has 1 aromatic heterocycles. The SMILES string of the molecule is Cc1cc(-c2nccn2[C@@H]2C[C@H]3CO[C@@H](CC(=O)N(C)C)CN3C2)ccc1F.O=CO. The normalized spacial score (nSPS) is 22.9. The van der Waals surface area contributed by atoms with Crippen molar-refractivity contribution >= 4 is 12.4 Å². The van der Waals surface area contributed by atoms with Crippen LogP contribution in [0.2, 0.25) is 0 Å². The number of ether oxygens (including phenoxy) is 1. The van der Waals surface area contributed by atoms with Crippen molar-refractivity contribution in [3.05, 3.63) is 42.0 Å². The monoisotopic (exact) mass is 432 g/mol. The molecule has 2 aromatic rings. The van der Waals surface area contributed by atoms with Crippen molar-refractivity contribution in [2.45, 2.75) is 38.0 Å². The van der Waals surface area contributed by atoms with Gasteiger partial charge in [-0.05, 0) is 37.1 Å². The van der Waals surface area contributed by atoms with Crippen LogP contribution in [0.25, 0.3) is 11.4 Å². The van der Waals surface area contributed by atoms with Gasteiger partial charge in [-0.2, -0.15) is 0 Å². The Morgan fingerprint density at radius 1 is 1.35 bits per heavy atom. The number of carbonyl (C=O) groups excluding carboxylic acids is 1. The summed E-state index contributed by atoms with van der Waals surface area (Å²) in [7, 11) is 3.55. The first kappa shape index (κ1) is 22.9. The Kier molecular flexibility index (Phi) is 7.40.